The van der Waals surface area contributed by atoms with E-state index >= 15 is 0 Å². The van der Waals surface area contributed by atoms with E-state index in [-0.39, 0.29) is 41.1 Å². The molecule has 0 radical (unpaired) electrons. The van der Waals surface area contributed by atoms with Crippen LogP contribution < -0.4 is 25.6 Å². The maximum atomic E-state index is 14.0. The second kappa shape index (κ2) is 20.3. The molecule has 304 valence electrons. The summed E-state index contributed by atoms with van der Waals surface area (Å²) in [6.45, 7) is 7.79. The minimum atomic E-state index is -3.76. The van der Waals surface area contributed by atoms with Gasteiger partial charge in [0, 0.05) is 49.4 Å². The van der Waals surface area contributed by atoms with Crippen molar-refractivity contribution in [2.24, 2.45) is 5.92 Å². The number of likely N-dealkylation sites (N-methyl/N-ethyl adjacent to an activating group) is 1. The van der Waals surface area contributed by atoms with Crippen molar-refractivity contribution in [3.05, 3.63) is 136 Å². The van der Waals surface area contributed by atoms with Crippen LogP contribution in [-0.2, 0) is 32.6 Å². The SMILES string of the molecule is CC(C)[C@H](NC(=O)[C@H](C)NC[C@H](Cc1ccccc1)NC(=O)c1cc(C(=O)N[C@H](C)c2cccc(Cl)c2)cc(N(C)S(C)(=O)=O)c1)C(=O)N(C)Cc1ccccc1. The molecule has 0 spiro atoms. The fraction of sp³-hybridized carbons (Fsp3) is 0.349. The first-order valence-corrected chi connectivity index (χ1v) is 21.0. The van der Waals surface area contributed by atoms with E-state index in [9.17, 15) is 27.6 Å². The Morgan fingerprint density at radius 3 is 1.86 bits per heavy atom. The summed E-state index contributed by atoms with van der Waals surface area (Å²) >= 11 is 6.16. The topological polar surface area (TPSA) is 157 Å². The van der Waals surface area contributed by atoms with Crippen LogP contribution in [-0.4, -0.2) is 82.0 Å². The summed E-state index contributed by atoms with van der Waals surface area (Å²) in [7, 11) is -0.704. The number of halogens is 1. The third-order valence-corrected chi connectivity index (χ3v) is 11.0. The Kier molecular flexibility index (Phi) is 15.8. The largest absolute Gasteiger partial charge is 0.348 e. The molecule has 0 heterocycles. The van der Waals surface area contributed by atoms with Gasteiger partial charge in [0.25, 0.3) is 11.8 Å². The first-order chi connectivity index (χ1) is 26.9. The molecular weight excluding hydrogens is 764 g/mol. The van der Waals surface area contributed by atoms with Gasteiger partial charge in [-0.1, -0.05) is 98.2 Å². The summed E-state index contributed by atoms with van der Waals surface area (Å²) in [6.07, 6.45) is 1.42. The van der Waals surface area contributed by atoms with E-state index in [1.54, 1.807) is 44.0 Å². The van der Waals surface area contributed by atoms with Crippen molar-refractivity contribution in [3.8, 4) is 0 Å². The predicted molar refractivity (Wildman–Crippen MR) is 226 cm³/mol. The summed E-state index contributed by atoms with van der Waals surface area (Å²) < 4.78 is 26.1. The molecule has 14 heteroatoms. The quantitative estimate of drug-likeness (QED) is 0.106. The molecule has 0 bridgehead atoms. The van der Waals surface area contributed by atoms with E-state index in [1.165, 1.54) is 25.2 Å². The molecule has 4 amide bonds. The van der Waals surface area contributed by atoms with Crippen LogP contribution in [0.25, 0.3) is 0 Å². The highest BCUT2D eigenvalue weighted by atomic mass is 35.5. The van der Waals surface area contributed by atoms with Crippen LogP contribution in [0.15, 0.2) is 103 Å². The number of hydrogen-bond donors (Lipinski definition) is 4. The maximum absolute atomic E-state index is 14.0. The third-order valence-electron chi connectivity index (χ3n) is 9.59. The van der Waals surface area contributed by atoms with Gasteiger partial charge in [0.15, 0.2) is 0 Å². The molecule has 0 fully saturated rings. The predicted octanol–water partition coefficient (Wildman–Crippen LogP) is 5.35. The Labute approximate surface area is 341 Å². The van der Waals surface area contributed by atoms with Gasteiger partial charge in [-0.25, -0.2) is 8.42 Å². The molecule has 4 aromatic rings. The fourth-order valence-electron chi connectivity index (χ4n) is 6.10. The average molecular weight is 817 g/mol. The first kappa shape index (κ1) is 44.5. The average Bonchev–Trinajstić information content (AvgIpc) is 3.18. The zero-order valence-electron chi connectivity index (χ0n) is 33.5. The highest BCUT2D eigenvalue weighted by Gasteiger charge is 2.29. The standard InChI is InChI=1S/C43H53ClN6O6S/c1-28(2)39(43(54)49(5)27-32-17-12-9-13-18-32)48-40(51)30(4)45-26-37(21-31-15-10-8-11-16-31)47-42(53)35-22-34(24-38(25-35)50(6)57(7,55)56)41(52)46-29(3)33-19-14-20-36(44)23-33/h8-20,22-25,28-30,37,39,45H,21,26-27H2,1-7H3,(H,46,52)(H,47,53)(H,48,51)/t29-,30+,37+,39+/m1/s1. The number of carbonyl (C=O) groups is 4. The monoisotopic (exact) mass is 816 g/mol. The second-order valence-corrected chi connectivity index (χ2v) is 17.1. The van der Waals surface area contributed by atoms with E-state index in [1.807, 2.05) is 80.6 Å². The molecule has 57 heavy (non-hydrogen) atoms. The number of hydrogen-bond acceptors (Lipinski definition) is 7. The zero-order valence-corrected chi connectivity index (χ0v) is 35.0. The van der Waals surface area contributed by atoms with Crippen molar-refractivity contribution in [3.63, 3.8) is 0 Å². The molecule has 4 aromatic carbocycles. The van der Waals surface area contributed by atoms with Crippen molar-refractivity contribution in [1.82, 2.24) is 26.2 Å². The minimum Gasteiger partial charge on any atom is -0.348 e. The van der Waals surface area contributed by atoms with Gasteiger partial charge in [0.1, 0.15) is 6.04 Å². The van der Waals surface area contributed by atoms with E-state index < -0.39 is 46.0 Å². The molecule has 0 aliphatic rings. The van der Waals surface area contributed by atoms with Crippen LogP contribution in [0.5, 0.6) is 0 Å². The zero-order chi connectivity index (χ0) is 41.9. The van der Waals surface area contributed by atoms with Crippen LogP contribution in [0.2, 0.25) is 5.02 Å². The molecule has 0 aliphatic heterocycles. The number of carbonyl (C=O) groups excluding carboxylic acids is 4. The van der Waals surface area contributed by atoms with Gasteiger partial charge >= 0.3 is 0 Å². The van der Waals surface area contributed by atoms with Gasteiger partial charge < -0.3 is 26.2 Å². The summed E-state index contributed by atoms with van der Waals surface area (Å²) in [6, 6.07) is 27.9. The fourth-order valence-corrected chi connectivity index (χ4v) is 6.79. The van der Waals surface area contributed by atoms with Crippen molar-refractivity contribution in [1.29, 1.82) is 0 Å². The summed E-state index contributed by atoms with van der Waals surface area (Å²) in [5, 5.41) is 12.6. The molecule has 0 aliphatic carbocycles. The maximum Gasteiger partial charge on any atom is 0.251 e. The van der Waals surface area contributed by atoms with Crippen LogP contribution in [0.3, 0.4) is 0 Å². The van der Waals surface area contributed by atoms with Crippen molar-refractivity contribution >= 4 is 50.9 Å². The van der Waals surface area contributed by atoms with E-state index in [0.717, 1.165) is 27.3 Å². The molecule has 0 unspecified atom stereocenters. The van der Waals surface area contributed by atoms with Crippen molar-refractivity contribution in [2.75, 3.05) is 31.2 Å². The summed E-state index contributed by atoms with van der Waals surface area (Å²) in [5.74, 6) is -1.84. The first-order valence-electron chi connectivity index (χ1n) is 18.8. The van der Waals surface area contributed by atoms with Gasteiger partial charge in [-0.3, -0.25) is 23.5 Å². The number of anilines is 1. The van der Waals surface area contributed by atoms with Crippen LogP contribution in [0, 0.1) is 5.92 Å². The lowest BCUT2D eigenvalue weighted by Crippen LogP contribution is -2.55. The number of nitrogens with one attached hydrogen (secondary N) is 4. The smallest absolute Gasteiger partial charge is 0.251 e. The summed E-state index contributed by atoms with van der Waals surface area (Å²) in [4.78, 5) is 56.2. The molecule has 4 atom stereocenters. The molecule has 0 saturated heterocycles. The Balaban J connectivity index is 1.52. The van der Waals surface area contributed by atoms with Crippen molar-refractivity contribution in [2.45, 2.75) is 64.8 Å². The van der Waals surface area contributed by atoms with Gasteiger partial charge in [0.2, 0.25) is 21.8 Å². The molecule has 0 saturated carbocycles. The molecular formula is C43H53ClN6O6S. The highest BCUT2D eigenvalue weighted by Crippen LogP contribution is 2.23. The van der Waals surface area contributed by atoms with Gasteiger partial charge in [-0.05, 0) is 73.2 Å². The van der Waals surface area contributed by atoms with Crippen molar-refractivity contribution < 1.29 is 27.6 Å². The molecule has 4 rings (SSSR count). The third kappa shape index (κ3) is 13.2. The Morgan fingerprint density at radius 1 is 0.719 bits per heavy atom. The van der Waals surface area contributed by atoms with E-state index in [0.29, 0.717) is 18.0 Å². The van der Waals surface area contributed by atoms with Crippen LogP contribution >= 0.6 is 11.6 Å². The minimum absolute atomic E-state index is 0.0605. The van der Waals surface area contributed by atoms with E-state index in [4.69, 9.17) is 11.6 Å². The highest BCUT2D eigenvalue weighted by molar-refractivity contribution is 7.92. The Hall–Kier alpha value is -5.24. The second-order valence-electron chi connectivity index (χ2n) is 14.6. The Bertz CT molecular complexity index is 2120. The lowest BCUT2D eigenvalue weighted by Gasteiger charge is -2.29. The van der Waals surface area contributed by atoms with Gasteiger partial charge in [-0.2, -0.15) is 0 Å². The number of sulfonamides is 1. The molecule has 0 aromatic heterocycles. The van der Waals surface area contributed by atoms with Gasteiger partial charge in [0.05, 0.1) is 24.0 Å². The Morgan fingerprint density at radius 2 is 1.30 bits per heavy atom. The number of amides is 4. The normalized spacial score (nSPS) is 13.5. The molecule has 4 N–H and O–H groups in total. The number of nitrogens with zero attached hydrogens (tertiary/aromatic N) is 2. The summed E-state index contributed by atoms with van der Waals surface area (Å²) in [5.41, 5.74) is 2.92. The lowest BCUT2D eigenvalue weighted by atomic mass is 10.0. The lowest BCUT2D eigenvalue weighted by molar-refractivity contribution is -0.137. The number of rotatable bonds is 18. The molecule has 12 nitrogen and oxygen atoms in total. The van der Waals surface area contributed by atoms with Crippen LogP contribution in [0.4, 0.5) is 5.69 Å². The van der Waals surface area contributed by atoms with Gasteiger partial charge in [-0.15, -0.1) is 0 Å². The van der Waals surface area contributed by atoms with Crippen LogP contribution in [0.1, 0.15) is 71.1 Å². The number of benzene rings is 4. The van der Waals surface area contributed by atoms with E-state index in [2.05, 4.69) is 21.3 Å².